The Labute approximate surface area is 109 Å². The third kappa shape index (κ3) is 4.75. The highest BCUT2D eigenvalue weighted by Gasteiger charge is 2.09. The second-order valence-electron chi connectivity index (χ2n) is 3.99. The molecule has 0 aliphatic carbocycles. The lowest BCUT2D eigenvalue weighted by atomic mass is 10.2. The minimum atomic E-state index is -0.328. The van der Waals surface area contributed by atoms with Crippen LogP contribution < -0.4 is 11.1 Å². The molecule has 1 aromatic carbocycles. The Morgan fingerprint density at radius 2 is 2.29 bits per heavy atom. The molecular formula is C12H17BrN2O2. The lowest BCUT2D eigenvalue weighted by Crippen LogP contribution is -2.25. The van der Waals surface area contributed by atoms with Crippen LogP contribution >= 0.6 is 15.9 Å². The van der Waals surface area contributed by atoms with Crippen LogP contribution in [0.3, 0.4) is 0 Å². The van der Waals surface area contributed by atoms with Gasteiger partial charge in [0.15, 0.2) is 0 Å². The van der Waals surface area contributed by atoms with Crippen LogP contribution in [0, 0.1) is 0 Å². The van der Waals surface area contributed by atoms with Crippen molar-refractivity contribution in [3.8, 4) is 0 Å². The average molecular weight is 301 g/mol. The van der Waals surface area contributed by atoms with Crippen molar-refractivity contribution < 1.29 is 9.90 Å². The molecule has 1 aromatic rings. The van der Waals surface area contributed by atoms with Gasteiger partial charge < -0.3 is 16.2 Å². The molecule has 0 fully saturated rings. The Morgan fingerprint density at radius 1 is 1.59 bits per heavy atom. The number of amides is 1. The van der Waals surface area contributed by atoms with E-state index in [0.717, 1.165) is 10.9 Å². The third-order valence-corrected chi connectivity index (χ3v) is 3.01. The first-order chi connectivity index (χ1) is 8.00. The number of nitrogens with two attached hydrogens (primary N) is 1. The zero-order valence-electron chi connectivity index (χ0n) is 9.74. The Balaban J connectivity index is 2.49. The fourth-order valence-corrected chi connectivity index (χ4v) is 1.84. The van der Waals surface area contributed by atoms with Crippen molar-refractivity contribution in [3.05, 3.63) is 28.2 Å². The van der Waals surface area contributed by atoms with Gasteiger partial charge in [-0.05, 0) is 53.9 Å². The van der Waals surface area contributed by atoms with Gasteiger partial charge >= 0.3 is 0 Å². The summed E-state index contributed by atoms with van der Waals surface area (Å²) >= 11 is 3.31. The molecule has 0 bridgehead atoms. The van der Waals surface area contributed by atoms with E-state index in [9.17, 15) is 4.79 Å². The quantitative estimate of drug-likeness (QED) is 0.574. The van der Waals surface area contributed by atoms with Gasteiger partial charge in [-0.2, -0.15) is 0 Å². The van der Waals surface area contributed by atoms with E-state index in [1.54, 1.807) is 25.1 Å². The molecule has 0 aromatic heterocycles. The molecule has 0 aliphatic heterocycles. The van der Waals surface area contributed by atoms with Gasteiger partial charge in [-0.3, -0.25) is 4.79 Å². The molecule has 0 saturated carbocycles. The Bertz CT molecular complexity index is 394. The standard InChI is InChI=1S/C12H17BrN2O2/c1-8(16)3-2-6-15-12(17)10-7-9(14)4-5-11(10)13/h4-5,7-8,16H,2-3,6,14H2,1H3,(H,15,17). The maximum Gasteiger partial charge on any atom is 0.252 e. The SMILES string of the molecule is CC(O)CCCNC(=O)c1cc(N)ccc1Br. The highest BCUT2D eigenvalue weighted by molar-refractivity contribution is 9.10. The van der Waals surface area contributed by atoms with E-state index in [1.165, 1.54) is 0 Å². The van der Waals surface area contributed by atoms with Crippen molar-refractivity contribution in [1.29, 1.82) is 0 Å². The van der Waals surface area contributed by atoms with Gasteiger partial charge in [0.05, 0.1) is 11.7 Å². The highest BCUT2D eigenvalue weighted by Crippen LogP contribution is 2.19. The molecule has 17 heavy (non-hydrogen) atoms. The van der Waals surface area contributed by atoms with E-state index >= 15 is 0 Å². The number of rotatable bonds is 5. The number of carbonyl (C=O) groups is 1. The molecule has 1 unspecified atom stereocenters. The number of anilines is 1. The van der Waals surface area contributed by atoms with Crippen LogP contribution in [0.15, 0.2) is 22.7 Å². The summed E-state index contributed by atoms with van der Waals surface area (Å²) in [6, 6.07) is 5.11. The normalized spacial score (nSPS) is 12.2. The summed E-state index contributed by atoms with van der Waals surface area (Å²) in [4.78, 5) is 11.8. The maximum atomic E-state index is 11.8. The molecule has 0 radical (unpaired) electrons. The number of benzene rings is 1. The average Bonchev–Trinajstić information content (AvgIpc) is 2.27. The molecule has 1 atom stereocenters. The molecule has 0 heterocycles. The van der Waals surface area contributed by atoms with E-state index in [2.05, 4.69) is 21.2 Å². The number of carbonyl (C=O) groups excluding carboxylic acids is 1. The number of nitrogens with one attached hydrogen (secondary N) is 1. The second kappa shape index (κ2) is 6.61. The molecule has 1 amide bonds. The summed E-state index contributed by atoms with van der Waals surface area (Å²) in [6.45, 7) is 2.28. The van der Waals surface area contributed by atoms with Crippen molar-refractivity contribution >= 4 is 27.5 Å². The van der Waals surface area contributed by atoms with Gasteiger partial charge in [-0.1, -0.05) is 0 Å². The fraction of sp³-hybridized carbons (Fsp3) is 0.417. The van der Waals surface area contributed by atoms with Crippen LogP contribution in [0.5, 0.6) is 0 Å². The lowest BCUT2D eigenvalue weighted by molar-refractivity contribution is 0.0949. The first-order valence-corrected chi connectivity index (χ1v) is 6.31. The predicted molar refractivity (Wildman–Crippen MR) is 71.8 cm³/mol. The van der Waals surface area contributed by atoms with E-state index < -0.39 is 0 Å². The van der Waals surface area contributed by atoms with E-state index in [-0.39, 0.29) is 12.0 Å². The van der Waals surface area contributed by atoms with Gasteiger partial charge in [-0.25, -0.2) is 0 Å². The monoisotopic (exact) mass is 300 g/mol. The molecule has 0 spiro atoms. The van der Waals surface area contributed by atoms with Crippen LogP contribution in [-0.2, 0) is 0 Å². The molecule has 0 saturated heterocycles. The molecule has 0 aliphatic rings. The number of nitrogen functional groups attached to an aromatic ring is 1. The summed E-state index contributed by atoms with van der Waals surface area (Å²) in [5.74, 6) is -0.158. The number of hydrogen-bond donors (Lipinski definition) is 3. The van der Waals surface area contributed by atoms with Gasteiger partial charge in [0.1, 0.15) is 0 Å². The highest BCUT2D eigenvalue weighted by atomic mass is 79.9. The Hall–Kier alpha value is -1.07. The summed E-state index contributed by atoms with van der Waals surface area (Å²) < 4.78 is 0.722. The zero-order chi connectivity index (χ0) is 12.8. The summed E-state index contributed by atoms with van der Waals surface area (Å²) in [5.41, 5.74) is 6.71. The van der Waals surface area contributed by atoms with Crippen LogP contribution in [0.4, 0.5) is 5.69 Å². The fourth-order valence-electron chi connectivity index (χ4n) is 1.41. The number of halogens is 1. The van der Waals surface area contributed by atoms with Crippen LogP contribution in [0.2, 0.25) is 0 Å². The van der Waals surface area contributed by atoms with Gasteiger partial charge in [0, 0.05) is 16.7 Å². The minimum Gasteiger partial charge on any atom is -0.399 e. The van der Waals surface area contributed by atoms with Crippen molar-refractivity contribution in [2.75, 3.05) is 12.3 Å². The number of hydrogen-bond acceptors (Lipinski definition) is 3. The predicted octanol–water partition coefficient (Wildman–Crippen LogP) is 1.92. The molecule has 4 N–H and O–H groups in total. The van der Waals surface area contributed by atoms with Crippen molar-refractivity contribution in [2.45, 2.75) is 25.9 Å². The van der Waals surface area contributed by atoms with Crippen molar-refractivity contribution in [2.24, 2.45) is 0 Å². The van der Waals surface area contributed by atoms with Crippen LogP contribution in [0.25, 0.3) is 0 Å². The molecular weight excluding hydrogens is 284 g/mol. The second-order valence-corrected chi connectivity index (χ2v) is 4.84. The maximum absolute atomic E-state index is 11.8. The first kappa shape index (κ1) is 14.0. The van der Waals surface area contributed by atoms with Crippen molar-refractivity contribution in [3.63, 3.8) is 0 Å². The summed E-state index contributed by atoms with van der Waals surface area (Å²) in [7, 11) is 0. The van der Waals surface area contributed by atoms with Crippen LogP contribution in [0.1, 0.15) is 30.1 Å². The minimum absolute atomic E-state index is 0.158. The van der Waals surface area contributed by atoms with Crippen LogP contribution in [-0.4, -0.2) is 23.7 Å². The van der Waals surface area contributed by atoms with Gasteiger partial charge in [0.25, 0.3) is 5.91 Å². The molecule has 5 heteroatoms. The lowest BCUT2D eigenvalue weighted by Gasteiger charge is -2.08. The largest absolute Gasteiger partial charge is 0.399 e. The van der Waals surface area contributed by atoms with E-state index in [0.29, 0.717) is 24.2 Å². The van der Waals surface area contributed by atoms with Gasteiger partial charge in [0.2, 0.25) is 0 Å². The summed E-state index contributed by atoms with van der Waals surface area (Å²) in [6.07, 6.45) is 1.10. The molecule has 4 nitrogen and oxygen atoms in total. The molecule has 1 rings (SSSR count). The zero-order valence-corrected chi connectivity index (χ0v) is 11.3. The van der Waals surface area contributed by atoms with Gasteiger partial charge in [-0.15, -0.1) is 0 Å². The van der Waals surface area contributed by atoms with E-state index in [1.807, 2.05) is 0 Å². The topological polar surface area (TPSA) is 75.3 Å². The van der Waals surface area contributed by atoms with E-state index in [4.69, 9.17) is 10.8 Å². The summed E-state index contributed by atoms with van der Waals surface area (Å²) in [5, 5.41) is 11.9. The number of aliphatic hydroxyl groups is 1. The molecule has 94 valence electrons. The Kier molecular flexibility index (Phi) is 5.44. The van der Waals surface area contributed by atoms with Crippen molar-refractivity contribution in [1.82, 2.24) is 5.32 Å². The third-order valence-electron chi connectivity index (χ3n) is 2.32. The first-order valence-electron chi connectivity index (χ1n) is 5.52. The smallest absolute Gasteiger partial charge is 0.252 e. The Morgan fingerprint density at radius 3 is 2.94 bits per heavy atom. The number of aliphatic hydroxyl groups excluding tert-OH is 1.